The summed E-state index contributed by atoms with van der Waals surface area (Å²) < 4.78 is 10.6. The summed E-state index contributed by atoms with van der Waals surface area (Å²) >= 11 is 0. The van der Waals surface area contributed by atoms with Gasteiger partial charge in [0.05, 0.1) is 12.6 Å². The van der Waals surface area contributed by atoms with Gasteiger partial charge in [-0.2, -0.15) is 0 Å². The summed E-state index contributed by atoms with van der Waals surface area (Å²) in [5, 5.41) is 13.4. The van der Waals surface area contributed by atoms with Crippen LogP contribution in [-0.2, 0) is 9.47 Å². The predicted octanol–water partition coefficient (Wildman–Crippen LogP) is 3.45. The Kier molecular flexibility index (Phi) is 7.92. The topological polar surface area (TPSA) is 50.7 Å². The van der Waals surface area contributed by atoms with Gasteiger partial charge in [0.2, 0.25) is 0 Å². The van der Waals surface area contributed by atoms with Crippen LogP contribution in [0, 0.1) is 0 Å². The summed E-state index contributed by atoms with van der Waals surface area (Å²) in [6, 6.07) is 20.3. The molecule has 0 unspecified atom stereocenters. The summed E-state index contributed by atoms with van der Waals surface area (Å²) in [6.45, 7) is 0.0470. The fraction of sp³-hybridized carbons (Fsp3) is 0.400. The van der Waals surface area contributed by atoms with Gasteiger partial charge in [-0.25, -0.2) is 0 Å². The number of benzene rings is 2. The lowest BCUT2D eigenvalue weighted by molar-refractivity contribution is -0.108. The van der Waals surface area contributed by atoms with Gasteiger partial charge in [-0.15, -0.1) is 0 Å². The standard InChI is InChI=1S/C20H27NO3/c1-23-20(24-2)14-13-18(16-9-5-3-6-10-16)21-19(15-22)17-11-7-4-8-12-17/h3-12,18-22H,13-15H2,1-2H3/t18-,19+/m1/s1. The Labute approximate surface area is 144 Å². The average Bonchev–Trinajstić information content (AvgIpc) is 2.66. The van der Waals surface area contributed by atoms with Crippen LogP contribution < -0.4 is 5.32 Å². The number of ether oxygens (including phenoxy) is 2. The molecule has 2 N–H and O–H groups in total. The maximum absolute atomic E-state index is 9.83. The van der Waals surface area contributed by atoms with Gasteiger partial charge in [0.25, 0.3) is 0 Å². The number of nitrogens with one attached hydrogen (secondary N) is 1. The van der Waals surface area contributed by atoms with Gasteiger partial charge in [0.1, 0.15) is 0 Å². The molecule has 130 valence electrons. The lowest BCUT2D eigenvalue weighted by atomic mass is 9.99. The third kappa shape index (κ3) is 5.42. The number of aliphatic hydroxyl groups is 1. The summed E-state index contributed by atoms with van der Waals surface area (Å²) in [4.78, 5) is 0. The molecule has 0 saturated heterocycles. The molecule has 2 atom stereocenters. The molecule has 0 aliphatic rings. The summed E-state index contributed by atoms with van der Waals surface area (Å²) in [5.41, 5.74) is 2.27. The van der Waals surface area contributed by atoms with Crippen molar-refractivity contribution in [1.29, 1.82) is 0 Å². The highest BCUT2D eigenvalue weighted by molar-refractivity contribution is 5.22. The Bertz CT molecular complexity index is 558. The average molecular weight is 329 g/mol. The van der Waals surface area contributed by atoms with Crippen molar-refractivity contribution in [2.24, 2.45) is 0 Å². The van der Waals surface area contributed by atoms with Gasteiger partial charge >= 0.3 is 0 Å². The zero-order valence-electron chi connectivity index (χ0n) is 14.4. The maximum Gasteiger partial charge on any atom is 0.156 e. The number of aliphatic hydroxyl groups excluding tert-OH is 1. The fourth-order valence-electron chi connectivity index (χ4n) is 2.85. The largest absolute Gasteiger partial charge is 0.394 e. The van der Waals surface area contributed by atoms with Crippen molar-refractivity contribution < 1.29 is 14.6 Å². The van der Waals surface area contributed by atoms with Crippen molar-refractivity contribution in [1.82, 2.24) is 5.32 Å². The Hall–Kier alpha value is -1.72. The summed E-state index contributed by atoms with van der Waals surface area (Å²) in [5.74, 6) is 0. The molecule has 4 heteroatoms. The van der Waals surface area contributed by atoms with Gasteiger partial charge in [-0.1, -0.05) is 60.7 Å². The van der Waals surface area contributed by atoms with Gasteiger partial charge in [0.15, 0.2) is 6.29 Å². The molecule has 0 aromatic heterocycles. The normalized spacial score (nSPS) is 13.8. The van der Waals surface area contributed by atoms with E-state index in [2.05, 4.69) is 17.4 Å². The van der Waals surface area contributed by atoms with E-state index in [1.165, 1.54) is 5.56 Å². The van der Waals surface area contributed by atoms with Gasteiger partial charge < -0.3 is 19.9 Å². The molecule has 0 spiro atoms. The first-order valence-electron chi connectivity index (χ1n) is 8.30. The minimum Gasteiger partial charge on any atom is -0.394 e. The van der Waals surface area contributed by atoms with Crippen LogP contribution in [0.4, 0.5) is 0 Å². The monoisotopic (exact) mass is 329 g/mol. The van der Waals surface area contributed by atoms with Crippen LogP contribution in [0.25, 0.3) is 0 Å². The zero-order chi connectivity index (χ0) is 17.2. The lowest BCUT2D eigenvalue weighted by Crippen LogP contribution is -2.30. The van der Waals surface area contributed by atoms with Crippen molar-refractivity contribution >= 4 is 0 Å². The number of methoxy groups -OCH3 is 2. The van der Waals surface area contributed by atoms with E-state index in [9.17, 15) is 5.11 Å². The molecule has 0 aliphatic heterocycles. The second-order valence-corrected chi connectivity index (χ2v) is 5.75. The molecule has 2 rings (SSSR count). The molecule has 0 radical (unpaired) electrons. The van der Waals surface area contributed by atoms with Crippen LogP contribution in [0.1, 0.15) is 36.1 Å². The molecule has 0 bridgehead atoms. The number of rotatable bonds is 10. The molecule has 0 fully saturated rings. The van der Waals surface area contributed by atoms with Crippen molar-refractivity contribution in [3.05, 3.63) is 71.8 Å². The molecular weight excluding hydrogens is 302 g/mol. The van der Waals surface area contributed by atoms with E-state index in [-0.39, 0.29) is 25.0 Å². The predicted molar refractivity (Wildman–Crippen MR) is 95.6 cm³/mol. The smallest absolute Gasteiger partial charge is 0.156 e. The first-order valence-corrected chi connectivity index (χ1v) is 8.30. The van der Waals surface area contributed by atoms with Crippen LogP contribution in [-0.4, -0.2) is 32.2 Å². The number of hydrogen-bond donors (Lipinski definition) is 2. The molecule has 0 heterocycles. The Morgan fingerprint density at radius 3 is 1.75 bits per heavy atom. The summed E-state index contributed by atoms with van der Waals surface area (Å²) in [6.07, 6.45) is 1.40. The van der Waals surface area contributed by atoms with E-state index in [1.807, 2.05) is 48.5 Å². The second kappa shape index (κ2) is 10.2. The minimum absolute atomic E-state index is 0.0470. The van der Waals surface area contributed by atoms with E-state index >= 15 is 0 Å². The molecular formula is C20H27NO3. The van der Waals surface area contributed by atoms with Crippen LogP contribution in [0.15, 0.2) is 60.7 Å². The Morgan fingerprint density at radius 1 is 0.792 bits per heavy atom. The second-order valence-electron chi connectivity index (χ2n) is 5.75. The first-order chi connectivity index (χ1) is 11.8. The van der Waals surface area contributed by atoms with Crippen LogP contribution in [0.5, 0.6) is 0 Å². The quantitative estimate of drug-likeness (QED) is 0.656. The maximum atomic E-state index is 9.83. The molecule has 0 saturated carbocycles. The van der Waals surface area contributed by atoms with E-state index in [0.29, 0.717) is 0 Å². The Morgan fingerprint density at radius 2 is 1.29 bits per heavy atom. The Balaban J connectivity index is 2.12. The third-order valence-corrected chi connectivity index (χ3v) is 4.21. The SMILES string of the molecule is COC(CC[C@@H](N[C@@H](CO)c1ccccc1)c1ccccc1)OC. The molecule has 0 aliphatic carbocycles. The van der Waals surface area contributed by atoms with Crippen LogP contribution in [0.2, 0.25) is 0 Å². The van der Waals surface area contributed by atoms with Crippen molar-refractivity contribution in [3.8, 4) is 0 Å². The molecule has 4 nitrogen and oxygen atoms in total. The molecule has 0 amide bonds. The lowest BCUT2D eigenvalue weighted by Gasteiger charge is -2.26. The molecule has 24 heavy (non-hydrogen) atoms. The highest BCUT2D eigenvalue weighted by Gasteiger charge is 2.19. The number of hydrogen-bond acceptors (Lipinski definition) is 4. The highest BCUT2D eigenvalue weighted by Crippen LogP contribution is 2.24. The minimum atomic E-state index is -0.220. The van der Waals surface area contributed by atoms with Crippen molar-refractivity contribution in [3.63, 3.8) is 0 Å². The van der Waals surface area contributed by atoms with Crippen LogP contribution in [0.3, 0.4) is 0 Å². The zero-order valence-corrected chi connectivity index (χ0v) is 14.4. The highest BCUT2D eigenvalue weighted by atomic mass is 16.7. The summed E-state index contributed by atoms with van der Waals surface area (Å²) in [7, 11) is 3.30. The van der Waals surface area contributed by atoms with Gasteiger partial charge in [-0.3, -0.25) is 0 Å². The van der Waals surface area contributed by atoms with E-state index < -0.39 is 0 Å². The van der Waals surface area contributed by atoms with E-state index in [1.54, 1.807) is 14.2 Å². The molecule has 2 aromatic carbocycles. The first kappa shape index (κ1) is 18.6. The van der Waals surface area contributed by atoms with Crippen molar-refractivity contribution in [2.45, 2.75) is 31.2 Å². The van der Waals surface area contributed by atoms with E-state index in [4.69, 9.17) is 9.47 Å². The van der Waals surface area contributed by atoms with Crippen LogP contribution >= 0.6 is 0 Å². The van der Waals surface area contributed by atoms with Gasteiger partial charge in [0, 0.05) is 26.7 Å². The third-order valence-electron chi connectivity index (χ3n) is 4.21. The van der Waals surface area contributed by atoms with Crippen molar-refractivity contribution in [2.75, 3.05) is 20.8 Å². The molecule has 2 aromatic rings. The fourth-order valence-corrected chi connectivity index (χ4v) is 2.85. The van der Waals surface area contributed by atoms with Gasteiger partial charge in [-0.05, 0) is 17.5 Å². The van der Waals surface area contributed by atoms with E-state index in [0.717, 1.165) is 18.4 Å².